The molecule has 0 saturated carbocycles. The Labute approximate surface area is 161 Å². The molecule has 4 N–H and O–H groups in total. The first kappa shape index (κ1) is 18.4. The van der Waals surface area contributed by atoms with E-state index < -0.39 is 17.3 Å². The van der Waals surface area contributed by atoms with Crippen LogP contribution in [-0.2, 0) is 6.42 Å². The fourth-order valence-electron chi connectivity index (χ4n) is 3.98. The van der Waals surface area contributed by atoms with Crippen LogP contribution in [0.15, 0.2) is 27.8 Å². The van der Waals surface area contributed by atoms with E-state index >= 15 is 0 Å². The van der Waals surface area contributed by atoms with Gasteiger partial charge >= 0.3 is 5.69 Å². The molecule has 1 aliphatic heterocycles. The summed E-state index contributed by atoms with van der Waals surface area (Å²) in [6, 6.07) is 5.00. The summed E-state index contributed by atoms with van der Waals surface area (Å²) in [7, 11) is 1.63. The number of methoxy groups -OCH3 is 1. The molecular weight excluding hydrogens is 360 g/mol. The van der Waals surface area contributed by atoms with Gasteiger partial charge in [0.2, 0.25) is 5.88 Å². The summed E-state index contributed by atoms with van der Waals surface area (Å²) in [5.74, 6) is 0.472. The lowest BCUT2D eigenvalue weighted by atomic mass is 9.95. The number of fused-ring (bicyclic) bond motifs is 3. The van der Waals surface area contributed by atoms with Crippen LogP contribution in [0.1, 0.15) is 49.2 Å². The maximum Gasteiger partial charge on any atom is 0.331 e. The predicted molar refractivity (Wildman–Crippen MR) is 106 cm³/mol. The van der Waals surface area contributed by atoms with Crippen molar-refractivity contribution in [2.45, 2.75) is 38.8 Å². The number of H-pyrrole nitrogens is 2. The Morgan fingerprint density at radius 3 is 2.82 bits per heavy atom. The third-order valence-corrected chi connectivity index (χ3v) is 5.63. The summed E-state index contributed by atoms with van der Waals surface area (Å²) in [4.78, 5) is 30.6. The Morgan fingerprint density at radius 1 is 1.32 bits per heavy atom. The molecule has 2 atom stereocenters. The van der Waals surface area contributed by atoms with Crippen LogP contribution in [0.25, 0.3) is 10.9 Å². The lowest BCUT2D eigenvalue weighted by Crippen LogP contribution is -2.39. The van der Waals surface area contributed by atoms with Crippen molar-refractivity contribution >= 4 is 10.9 Å². The number of aromatic amines is 2. The van der Waals surface area contributed by atoms with Crippen LogP contribution in [0, 0.1) is 0 Å². The molecule has 8 nitrogen and oxygen atoms in total. The molecule has 0 bridgehead atoms. The number of nitrogens with zero attached hydrogens (tertiary/aromatic N) is 1. The van der Waals surface area contributed by atoms with Gasteiger partial charge in [0.05, 0.1) is 13.2 Å². The molecule has 0 fully saturated rings. The Balaban J connectivity index is 1.94. The highest BCUT2D eigenvalue weighted by molar-refractivity contribution is 5.86. The molecule has 0 spiro atoms. The SMILES string of the molecule is CC[C@H](C)n1c(O)c([C@H]2NCCc3c2[nH]c2ccc(OC)cc32)c(=O)[nH]c1=O. The van der Waals surface area contributed by atoms with E-state index in [0.717, 1.165) is 34.3 Å². The van der Waals surface area contributed by atoms with E-state index in [1.807, 2.05) is 32.0 Å². The van der Waals surface area contributed by atoms with Crippen LogP contribution in [0.2, 0.25) is 0 Å². The van der Waals surface area contributed by atoms with Crippen molar-refractivity contribution in [2.75, 3.05) is 13.7 Å². The van der Waals surface area contributed by atoms with Gasteiger partial charge in [-0.15, -0.1) is 0 Å². The predicted octanol–water partition coefficient (Wildman–Crippen LogP) is 1.94. The fraction of sp³-hybridized carbons (Fsp3) is 0.400. The average Bonchev–Trinajstić information content (AvgIpc) is 3.06. The first-order valence-electron chi connectivity index (χ1n) is 9.45. The van der Waals surface area contributed by atoms with E-state index in [1.165, 1.54) is 4.57 Å². The second-order valence-electron chi connectivity index (χ2n) is 7.19. The van der Waals surface area contributed by atoms with Crippen LogP contribution >= 0.6 is 0 Å². The number of aromatic nitrogens is 3. The van der Waals surface area contributed by atoms with E-state index in [2.05, 4.69) is 15.3 Å². The van der Waals surface area contributed by atoms with E-state index in [1.54, 1.807) is 7.11 Å². The van der Waals surface area contributed by atoms with Crippen molar-refractivity contribution in [3.63, 3.8) is 0 Å². The number of rotatable bonds is 4. The van der Waals surface area contributed by atoms with Crippen molar-refractivity contribution in [2.24, 2.45) is 0 Å². The van der Waals surface area contributed by atoms with Gasteiger partial charge in [0, 0.05) is 29.2 Å². The minimum Gasteiger partial charge on any atom is -0.497 e. The summed E-state index contributed by atoms with van der Waals surface area (Å²) >= 11 is 0. The normalized spacial score (nSPS) is 17.5. The van der Waals surface area contributed by atoms with Gasteiger partial charge in [-0.1, -0.05) is 6.92 Å². The van der Waals surface area contributed by atoms with Crippen molar-refractivity contribution in [1.82, 2.24) is 19.9 Å². The number of aromatic hydroxyl groups is 1. The Morgan fingerprint density at radius 2 is 2.11 bits per heavy atom. The van der Waals surface area contributed by atoms with Crippen molar-refractivity contribution in [1.29, 1.82) is 0 Å². The third kappa shape index (κ3) is 2.72. The van der Waals surface area contributed by atoms with Crippen LogP contribution < -0.4 is 21.3 Å². The van der Waals surface area contributed by atoms with Gasteiger partial charge in [0.1, 0.15) is 11.3 Å². The van der Waals surface area contributed by atoms with E-state index in [0.29, 0.717) is 13.0 Å². The van der Waals surface area contributed by atoms with Gasteiger partial charge in [0.25, 0.3) is 5.56 Å². The highest BCUT2D eigenvalue weighted by Gasteiger charge is 2.31. The highest BCUT2D eigenvalue weighted by atomic mass is 16.5. The molecule has 2 aromatic heterocycles. The summed E-state index contributed by atoms with van der Waals surface area (Å²) in [5.41, 5.74) is 1.81. The number of nitrogens with one attached hydrogen (secondary N) is 3. The van der Waals surface area contributed by atoms with Crippen molar-refractivity contribution in [3.05, 3.63) is 55.9 Å². The number of hydrogen-bond donors (Lipinski definition) is 4. The van der Waals surface area contributed by atoms with Crippen LogP contribution in [-0.4, -0.2) is 33.3 Å². The smallest absolute Gasteiger partial charge is 0.331 e. The molecule has 0 amide bonds. The Bertz CT molecular complexity index is 1160. The molecule has 0 aliphatic carbocycles. The number of hydrogen-bond acceptors (Lipinski definition) is 5. The van der Waals surface area contributed by atoms with Gasteiger partial charge in [-0.25, -0.2) is 4.79 Å². The molecule has 1 aromatic carbocycles. The number of benzene rings is 1. The van der Waals surface area contributed by atoms with Crippen LogP contribution in [0.3, 0.4) is 0 Å². The van der Waals surface area contributed by atoms with Gasteiger partial charge < -0.3 is 20.1 Å². The zero-order valence-corrected chi connectivity index (χ0v) is 16.1. The summed E-state index contributed by atoms with van der Waals surface area (Å²) in [6.07, 6.45) is 1.43. The molecular formula is C20H24N4O4. The topological polar surface area (TPSA) is 112 Å². The van der Waals surface area contributed by atoms with Gasteiger partial charge in [0.15, 0.2) is 0 Å². The number of ether oxygens (including phenoxy) is 1. The van der Waals surface area contributed by atoms with Crippen LogP contribution in [0.5, 0.6) is 11.6 Å². The minimum absolute atomic E-state index is 0.152. The molecule has 3 heterocycles. The highest BCUT2D eigenvalue weighted by Crippen LogP contribution is 2.36. The molecule has 1 aliphatic rings. The first-order valence-corrected chi connectivity index (χ1v) is 9.45. The minimum atomic E-state index is -0.599. The molecule has 4 rings (SSSR count). The molecule has 0 radical (unpaired) electrons. The standard InChI is InChI=1S/C20H24N4O4/c1-4-10(2)24-19(26)15(18(25)23-20(24)27)17-16-12(7-8-21-17)13-9-11(28-3)5-6-14(13)22-16/h5-6,9-10,17,21-22,26H,4,7-8H2,1-3H3,(H,23,25,27)/t10-,17+/m0/s1. The van der Waals surface area contributed by atoms with Crippen LogP contribution in [0.4, 0.5) is 0 Å². The summed E-state index contributed by atoms with van der Waals surface area (Å²) in [5, 5.41) is 15.2. The molecule has 28 heavy (non-hydrogen) atoms. The summed E-state index contributed by atoms with van der Waals surface area (Å²) < 4.78 is 6.59. The zero-order valence-electron chi connectivity index (χ0n) is 16.1. The monoisotopic (exact) mass is 384 g/mol. The second kappa shape index (κ2) is 6.87. The Hall–Kier alpha value is -3.00. The quantitative estimate of drug-likeness (QED) is 0.549. The maximum atomic E-state index is 12.6. The van der Waals surface area contributed by atoms with Crippen molar-refractivity contribution in [3.8, 4) is 11.6 Å². The largest absolute Gasteiger partial charge is 0.497 e. The molecule has 8 heteroatoms. The lowest BCUT2D eigenvalue weighted by molar-refractivity contribution is 0.353. The lowest BCUT2D eigenvalue weighted by Gasteiger charge is -2.26. The molecule has 0 saturated heterocycles. The maximum absolute atomic E-state index is 12.6. The van der Waals surface area contributed by atoms with E-state index in [-0.39, 0.29) is 17.5 Å². The summed E-state index contributed by atoms with van der Waals surface area (Å²) in [6.45, 7) is 4.39. The van der Waals surface area contributed by atoms with Gasteiger partial charge in [-0.05, 0) is 43.5 Å². The third-order valence-electron chi connectivity index (χ3n) is 5.63. The average molecular weight is 384 g/mol. The van der Waals surface area contributed by atoms with Gasteiger partial charge in [-0.3, -0.25) is 14.3 Å². The Kier molecular flexibility index (Phi) is 4.50. The molecule has 3 aromatic rings. The van der Waals surface area contributed by atoms with E-state index in [9.17, 15) is 14.7 Å². The second-order valence-corrected chi connectivity index (χ2v) is 7.19. The molecule has 0 unspecified atom stereocenters. The van der Waals surface area contributed by atoms with Crippen molar-refractivity contribution < 1.29 is 9.84 Å². The van der Waals surface area contributed by atoms with E-state index in [4.69, 9.17) is 4.74 Å². The zero-order chi connectivity index (χ0) is 20.0. The fourth-order valence-corrected chi connectivity index (χ4v) is 3.98. The molecule has 148 valence electrons. The van der Waals surface area contributed by atoms with Gasteiger partial charge in [-0.2, -0.15) is 0 Å². The first-order chi connectivity index (χ1) is 13.5.